The van der Waals surface area contributed by atoms with Crippen molar-refractivity contribution >= 4 is 43.4 Å². The number of benzene rings is 1. The summed E-state index contributed by atoms with van der Waals surface area (Å²) < 4.78 is 12.9. The maximum atomic E-state index is 6.25. The van der Waals surface area contributed by atoms with Gasteiger partial charge in [0.1, 0.15) is 22.8 Å². The summed E-state index contributed by atoms with van der Waals surface area (Å²) in [6.07, 6.45) is 2.50. The molecule has 1 atom stereocenters. The minimum Gasteiger partial charge on any atom is -0.378 e. The Bertz CT molecular complexity index is 1350. The number of hydrogen-bond acceptors (Lipinski definition) is 8. The van der Waals surface area contributed by atoms with Crippen LogP contribution in [0.4, 0.5) is 11.6 Å². The van der Waals surface area contributed by atoms with E-state index in [1.807, 2.05) is 6.07 Å². The van der Waals surface area contributed by atoms with Gasteiger partial charge in [-0.2, -0.15) is 0 Å². The number of rotatable bonds is 4. The molecule has 0 spiro atoms. The Balaban J connectivity index is 1.51. The second-order valence-electron chi connectivity index (χ2n) is 9.68. The van der Waals surface area contributed by atoms with Gasteiger partial charge in [0, 0.05) is 36.5 Å². The molecule has 0 saturated carbocycles. The number of ether oxygens (including phenoxy) is 2. The molecular weight excluding hydrogens is 446 g/mol. The van der Waals surface area contributed by atoms with Gasteiger partial charge in [-0.3, -0.25) is 0 Å². The summed E-state index contributed by atoms with van der Waals surface area (Å²) in [7, 11) is 0. The molecule has 1 unspecified atom stereocenters. The minimum absolute atomic E-state index is 0.127. The summed E-state index contributed by atoms with van der Waals surface area (Å²) in [6, 6.07) is 10.6. The molecule has 0 radical (unpaired) electrons. The largest absolute Gasteiger partial charge is 0.378 e. The predicted molar refractivity (Wildman–Crippen MR) is 137 cm³/mol. The van der Waals surface area contributed by atoms with E-state index in [0.29, 0.717) is 6.61 Å². The molecule has 0 bridgehead atoms. The van der Waals surface area contributed by atoms with Crippen LogP contribution in [0.15, 0.2) is 36.7 Å². The lowest BCUT2D eigenvalue weighted by atomic mass is 9.90. The first-order valence-electron chi connectivity index (χ1n) is 11.9. The summed E-state index contributed by atoms with van der Waals surface area (Å²) in [5.41, 5.74) is 4.48. The van der Waals surface area contributed by atoms with Crippen LogP contribution in [0, 0.1) is 0 Å². The molecule has 2 aliphatic heterocycles. The molecule has 1 fully saturated rings. The van der Waals surface area contributed by atoms with Crippen molar-refractivity contribution in [2.45, 2.75) is 45.4 Å². The molecule has 4 aromatic rings. The lowest BCUT2D eigenvalue weighted by Crippen LogP contribution is -2.39. The van der Waals surface area contributed by atoms with E-state index in [4.69, 9.17) is 19.4 Å². The van der Waals surface area contributed by atoms with Crippen molar-refractivity contribution in [2.24, 2.45) is 0 Å². The number of aromatic nitrogens is 3. The normalized spacial score (nSPS) is 18.7. The summed E-state index contributed by atoms with van der Waals surface area (Å²) in [5, 5.41) is 4.77. The lowest BCUT2D eigenvalue weighted by Gasteiger charge is -2.36. The first-order chi connectivity index (χ1) is 16.5. The number of hydrogen-bond donors (Lipinski definition) is 1. The molecule has 6 rings (SSSR count). The van der Waals surface area contributed by atoms with Gasteiger partial charge < -0.3 is 19.7 Å². The molecule has 34 heavy (non-hydrogen) atoms. The van der Waals surface area contributed by atoms with Gasteiger partial charge in [0.25, 0.3) is 0 Å². The van der Waals surface area contributed by atoms with Gasteiger partial charge >= 0.3 is 0 Å². The summed E-state index contributed by atoms with van der Waals surface area (Å²) >= 11 is 1.68. The van der Waals surface area contributed by atoms with Crippen LogP contribution in [-0.2, 0) is 22.5 Å². The molecule has 1 N–H and O–H groups in total. The second kappa shape index (κ2) is 8.45. The lowest BCUT2D eigenvalue weighted by molar-refractivity contribution is -0.0396. The number of nitrogens with one attached hydrogen (secondary N) is 1. The van der Waals surface area contributed by atoms with Crippen LogP contribution < -0.4 is 10.2 Å². The van der Waals surface area contributed by atoms with Gasteiger partial charge in [-0.05, 0) is 31.9 Å². The van der Waals surface area contributed by atoms with Crippen molar-refractivity contribution in [2.75, 3.05) is 36.5 Å². The molecule has 1 saturated heterocycles. The summed E-state index contributed by atoms with van der Waals surface area (Å²) in [5.74, 6) is 1.89. The Morgan fingerprint density at radius 2 is 1.88 bits per heavy atom. The van der Waals surface area contributed by atoms with Crippen molar-refractivity contribution in [3.05, 3.63) is 53.3 Å². The number of nitrogens with zero attached hydrogens (tertiary/aromatic N) is 4. The van der Waals surface area contributed by atoms with Gasteiger partial charge in [-0.15, -0.1) is 11.3 Å². The van der Waals surface area contributed by atoms with E-state index in [-0.39, 0.29) is 11.6 Å². The van der Waals surface area contributed by atoms with Crippen molar-refractivity contribution in [1.29, 1.82) is 0 Å². The molecule has 5 heterocycles. The van der Waals surface area contributed by atoms with E-state index < -0.39 is 0 Å². The number of pyridine rings is 1. The fourth-order valence-electron chi connectivity index (χ4n) is 4.96. The average molecular weight is 476 g/mol. The molecule has 0 amide bonds. The summed E-state index contributed by atoms with van der Waals surface area (Å²) in [6.45, 7) is 10.2. The van der Waals surface area contributed by atoms with E-state index in [0.717, 1.165) is 64.8 Å². The Kier molecular flexibility index (Phi) is 5.39. The van der Waals surface area contributed by atoms with Crippen molar-refractivity contribution in [3.63, 3.8) is 0 Å². The highest BCUT2D eigenvalue weighted by Gasteiger charge is 2.33. The molecule has 1 aromatic carbocycles. The first kappa shape index (κ1) is 21.7. The van der Waals surface area contributed by atoms with Crippen LogP contribution in [0.2, 0.25) is 0 Å². The third kappa shape index (κ3) is 3.79. The van der Waals surface area contributed by atoms with E-state index >= 15 is 0 Å². The highest BCUT2D eigenvalue weighted by atomic mass is 32.1. The Hall–Kier alpha value is -2.81. The van der Waals surface area contributed by atoms with Gasteiger partial charge in [0.2, 0.25) is 0 Å². The first-order valence-corrected chi connectivity index (χ1v) is 12.7. The van der Waals surface area contributed by atoms with E-state index in [1.54, 1.807) is 17.7 Å². The van der Waals surface area contributed by atoms with E-state index in [1.165, 1.54) is 16.7 Å². The number of anilines is 2. The van der Waals surface area contributed by atoms with Crippen LogP contribution in [-0.4, -0.2) is 46.9 Å². The average Bonchev–Trinajstić information content (AvgIpc) is 3.24. The predicted octanol–water partition coefficient (Wildman–Crippen LogP) is 5.10. The molecule has 3 aromatic heterocycles. The van der Waals surface area contributed by atoms with Crippen molar-refractivity contribution in [1.82, 2.24) is 15.0 Å². The quantitative estimate of drug-likeness (QED) is 0.440. The highest BCUT2D eigenvalue weighted by Crippen LogP contribution is 2.44. The topological polar surface area (TPSA) is 72.4 Å². The molecule has 7 nitrogen and oxygen atoms in total. The number of morpholine rings is 1. The van der Waals surface area contributed by atoms with Crippen molar-refractivity contribution in [3.8, 4) is 0 Å². The summed E-state index contributed by atoms with van der Waals surface area (Å²) in [4.78, 5) is 17.9. The molecule has 0 aliphatic carbocycles. The van der Waals surface area contributed by atoms with Gasteiger partial charge in [-0.25, -0.2) is 15.0 Å². The van der Waals surface area contributed by atoms with E-state index in [9.17, 15) is 0 Å². The van der Waals surface area contributed by atoms with Gasteiger partial charge in [0.05, 0.1) is 35.6 Å². The Labute approximate surface area is 203 Å². The minimum atomic E-state index is -0.228. The highest BCUT2D eigenvalue weighted by molar-refractivity contribution is 7.26. The number of fused-ring (bicyclic) bond motifs is 5. The molecule has 2 aliphatic rings. The number of thiophene rings is 1. The molecular formula is C26H29N5O2S. The van der Waals surface area contributed by atoms with E-state index in [2.05, 4.69) is 60.2 Å². The zero-order chi connectivity index (χ0) is 23.3. The second-order valence-corrected chi connectivity index (χ2v) is 10.7. The maximum absolute atomic E-state index is 6.25. The smallest absolute Gasteiger partial charge is 0.148 e. The monoisotopic (exact) mass is 475 g/mol. The zero-order valence-corrected chi connectivity index (χ0v) is 20.6. The Morgan fingerprint density at radius 3 is 2.68 bits per heavy atom. The standard InChI is InChI=1S/C26H29N5O2S/c1-16(17-7-5-4-6-8-17)29-23-22-21(27-15-28-23)20-18-13-26(2,3)33-14-19(18)24(30-25(20)34-22)31-9-11-32-12-10-31/h4-8,15-16H,9-14H2,1-3H3,(H,27,28,29). The fraction of sp³-hybridized carbons (Fsp3) is 0.423. The third-order valence-corrected chi connectivity index (χ3v) is 7.85. The van der Waals surface area contributed by atoms with Gasteiger partial charge in [-0.1, -0.05) is 30.3 Å². The maximum Gasteiger partial charge on any atom is 0.148 e. The van der Waals surface area contributed by atoms with Crippen LogP contribution in [0.5, 0.6) is 0 Å². The zero-order valence-electron chi connectivity index (χ0n) is 19.8. The molecule has 8 heteroatoms. The van der Waals surface area contributed by atoms with Crippen LogP contribution in [0.3, 0.4) is 0 Å². The fourth-order valence-corrected chi connectivity index (χ4v) is 6.07. The van der Waals surface area contributed by atoms with Gasteiger partial charge in [0.15, 0.2) is 0 Å². The third-order valence-electron chi connectivity index (χ3n) is 6.77. The van der Waals surface area contributed by atoms with Crippen molar-refractivity contribution < 1.29 is 9.47 Å². The van der Waals surface area contributed by atoms with Crippen LogP contribution >= 0.6 is 11.3 Å². The Morgan fingerprint density at radius 1 is 1.09 bits per heavy atom. The van der Waals surface area contributed by atoms with Crippen LogP contribution in [0.25, 0.3) is 20.4 Å². The SMILES string of the molecule is CC(Nc1ncnc2c1sc1nc(N3CCOCC3)c3c(c12)CC(C)(C)OC3)c1ccccc1. The van der Waals surface area contributed by atoms with Crippen LogP contribution in [0.1, 0.15) is 43.5 Å². The molecule has 176 valence electrons.